The van der Waals surface area contributed by atoms with Gasteiger partial charge in [0.05, 0.1) is 0 Å². The monoisotopic (exact) mass is 383 g/mol. The average Bonchev–Trinajstić information content (AvgIpc) is 2.62. The second-order valence-electron chi connectivity index (χ2n) is 6.52. The minimum Gasteiger partial charge on any atom is -0.473 e. The highest BCUT2D eigenvalue weighted by molar-refractivity contribution is 6.27. The van der Waals surface area contributed by atoms with Gasteiger partial charge in [-0.1, -0.05) is 31.5 Å². The largest absolute Gasteiger partial charge is 0.473 e. The summed E-state index contributed by atoms with van der Waals surface area (Å²) in [5.74, 6) is -3.65. The molecule has 1 fully saturated rings. The Morgan fingerprint density at radius 2 is 1.56 bits per heavy atom. The fourth-order valence-electron chi connectivity index (χ4n) is 2.83. The molecular formula is C19H33N3O5. The average molecular weight is 383 g/mol. The molecule has 0 aromatic heterocycles. The van der Waals surface area contributed by atoms with Gasteiger partial charge in [-0.05, 0) is 32.0 Å². The van der Waals surface area contributed by atoms with Gasteiger partial charge in [0.25, 0.3) is 0 Å². The minimum absolute atomic E-state index is 0. The number of carboxylic acids is 2. The van der Waals surface area contributed by atoms with Gasteiger partial charge in [0.2, 0.25) is 0 Å². The van der Waals surface area contributed by atoms with Gasteiger partial charge in [0.1, 0.15) is 0 Å². The van der Waals surface area contributed by atoms with Crippen molar-refractivity contribution in [2.24, 2.45) is 0 Å². The zero-order valence-corrected chi connectivity index (χ0v) is 16.2. The van der Waals surface area contributed by atoms with E-state index in [1.165, 1.54) is 51.3 Å². The molecule has 1 aromatic rings. The molecule has 8 heteroatoms. The predicted molar refractivity (Wildman–Crippen MR) is 106 cm³/mol. The number of para-hydroxylation sites is 1. The highest BCUT2D eigenvalue weighted by atomic mass is 16.4. The van der Waals surface area contributed by atoms with Crippen LogP contribution in [0.5, 0.6) is 0 Å². The zero-order chi connectivity index (χ0) is 19.4. The summed E-state index contributed by atoms with van der Waals surface area (Å²) in [5.41, 5.74) is 1.22. The molecule has 0 amide bonds. The SMILES string of the molecule is CCCCN1CCN(CC(C)Nc2ccccc2)CC1.O.O=C(O)C(=O)O. The van der Waals surface area contributed by atoms with Crippen LogP contribution in [0.2, 0.25) is 0 Å². The molecule has 1 atom stereocenters. The Bertz CT molecular complexity index is 521. The van der Waals surface area contributed by atoms with E-state index in [-0.39, 0.29) is 5.48 Å². The molecule has 1 aromatic carbocycles. The fraction of sp³-hybridized carbons (Fsp3) is 0.579. The maximum absolute atomic E-state index is 9.10. The molecule has 0 radical (unpaired) electrons. The molecule has 1 aliphatic rings. The van der Waals surface area contributed by atoms with E-state index < -0.39 is 11.9 Å². The van der Waals surface area contributed by atoms with E-state index in [1.807, 2.05) is 0 Å². The van der Waals surface area contributed by atoms with Gasteiger partial charge in [-0.15, -0.1) is 0 Å². The van der Waals surface area contributed by atoms with Crippen LogP contribution in [0.25, 0.3) is 0 Å². The second-order valence-corrected chi connectivity index (χ2v) is 6.52. The number of hydrogen-bond donors (Lipinski definition) is 3. The van der Waals surface area contributed by atoms with Crippen LogP contribution in [-0.4, -0.2) is 82.7 Å². The minimum atomic E-state index is -1.82. The highest BCUT2D eigenvalue weighted by Gasteiger charge is 2.17. The van der Waals surface area contributed by atoms with Crippen LogP contribution >= 0.6 is 0 Å². The van der Waals surface area contributed by atoms with E-state index in [1.54, 1.807) is 0 Å². The van der Waals surface area contributed by atoms with E-state index in [0.717, 1.165) is 6.54 Å². The number of anilines is 1. The first-order chi connectivity index (χ1) is 12.4. The van der Waals surface area contributed by atoms with E-state index in [4.69, 9.17) is 19.8 Å². The summed E-state index contributed by atoms with van der Waals surface area (Å²) in [6.07, 6.45) is 2.64. The molecule has 0 spiro atoms. The fourth-order valence-corrected chi connectivity index (χ4v) is 2.83. The van der Waals surface area contributed by atoms with Gasteiger partial charge in [0, 0.05) is 44.5 Å². The lowest BCUT2D eigenvalue weighted by atomic mass is 10.2. The van der Waals surface area contributed by atoms with Gasteiger partial charge >= 0.3 is 11.9 Å². The van der Waals surface area contributed by atoms with Crippen molar-refractivity contribution >= 4 is 17.6 Å². The molecule has 1 saturated heterocycles. The third kappa shape index (κ3) is 11.2. The number of hydrogen-bond acceptors (Lipinski definition) is 5. The van der Waals surface area contributed by atoms with Crippen LogP contribution in [0.4, 0.5) is 5.69 Å². The molecule has 1 unspecified atom stereocenters. The van der Waals surface area contributed by atoms with Crippen LogP contribution in [0.1, 0.15) is 26.7 Å². The number of piperazine rings is 1. The maximum atomic E-state index is 9.10. The predicted octanol–water partition coefficient (Wildman–Crippen LogP) is 1.24. The lowest BCUT2D eigenvalue weighted by Crippen LogP contribution is -2.49. The number of aliphatic carboxylic acids is 2. The molecular weight excluding hydrogens is 350 g/mol. The highest BCUT2D eigenvalue weighted by Crippen LogP contribution is 2.09. The Balaban J connectivity index is 0.000000842. The van der Waals surface area contributed by atoms with Crippen LogP contribution in [0.3, 0.4) is 0 Å². The van der Waals surface area contributed by atoms with Crippen molar-refractivity contribution in [3.63, 3.8) is 0 Å². The molecule has 0 saturated carbocycles. The number of unbranched alkanes of at least 4 members (excludes halogenated alkanes) is 1. The maximum Gasteiger partial charge on any atom is 0.414 e. The summed E-state index contributed by atoms with van der Waals surface area (Å²) < 4.78 is 0. The number of nitrogens with one attached hydrogen (secondary N) is 1. The van der Waals surface area contributed by atoms with Crippen molar-refractivity contribution in [1.82, 2.24) is 9.80 Å². The lowest BCUT2D eigenvalue weighted by Gasteiger charge is -2.36. The van der Waals surface area contributed by atoms with Crippen molar-refractivity contribution in [1.29, 1.82) is 0 Å². The van der Waals surface area contributed by atoms with Crippen LogP contribution in [0, 0.1) is 0 Å². The van der Waals surface area contributed by atoms with Crippen molar-refractivity contribution in [3.8, 4) is 0 Å². The third-order valence-corrected chi connectivity index (χ3v) is 4.19. The molecule has 27 heavy (non-hydrogen) atoms. The van der Waals surface area contributed by atoms with Gasteiger partial charge < -0.3 is 25.9 Å². The first kappa shape index (κ1) is 24.8. The summed E-state index contributed by atoms with van der Waals surface area (Å²) in [5, 5.41) is 18.4. The summed E-state index contributed by atoms with van der Waals surface area (Å²) in [4.78, 5) is 23.4. The van der Waals surface area contributed by atoms with E-state index >= 15 is 0 Å². The molecule has 154 valence electrons. The summed E-state index contributed by atoms with van der Waals surface area (Å²) in [7, 11) is 0. The number of nitrogens with zero attached hydrogens (tertiary/aromatic N) is 2. The van der Waals surface area contributed by atoms with Gasteiger partial charge in [-0.25, -0.2) is 9.59 Å². The Kier molecular flexibility index (Phi) is 12.8. The molecule has 1 aliphatic heterocycles. The lowest BCUT2D eigenvalue weighted by molar-refractivity contribution is -0.159. The van der Waals surface area contributed by atoms with Gasteiger partial charge in [-0.2, -0.15) is 0 Å². The Hall–Kier alpha value is -2.16. The first-order valence-electron chi connectivity index (χ1n) is 9.14. The molecule has 1 heterocycles. The number of rotatable bonds is 7. The quantitative estimate of drug-likeness (QED) is 0.605. The Labute approximate surface area is 161 Å². The molecule has 0 bridgehead atoms. The van der Waals surface area contributed by atoms with Crippen molar-refractivity contribution in [2.45, 2.75) is 32.7 Å². The zero-order valence-electron chi connectivity index (χ0n) is 16.2. The van der Waals surface area contributed by atoms with E-state index in [9.17, 15) is 0 Å². The molecule has 0 aliphatic carbocycles. The molecule has 2 rings (SSSR count). The Morgan fingerprint density at radius 1 is 1.04 bits per heavy atom. The normalized spacial score (nSPS) is 15.6. The van der Waals surface area contributed by atoms with E-state index in [2.05, 4.69) is 59.3 Å². The second kappa shape index (κ2) is 14.0. The van der Waals surface area contributed by atoms with Crippen molar-refractivity contribution in [3.05, 3.63) is 30.3 Å². The summed E-state index contributed by atoms with van der Waals surface area (Å²) in [6.45, 7) is 11.9. The van der Waals surface area contributed by atoms with Gasteiger partial charge in [0.15, 0.2) is 0 Å². The number of benzene rings is 1. The summed E-state index contributed by atoms with van der Waals surface area (Å²) in [6, 6.07) is 11.0. The van der Waals surface area contributed by atoms with Crippen LogP contribution in [-0.2, 0) is 9.59 Å². The molecule has 8 nitrogen and oxygen atoms in total. The molecule has 5 N–H and O–H groups in total. The topological polar surface area (TPSA) is 125 Å². The van der Waals surface area contributed by atoms with Crippen LogP contribution < -0.4 is 5.32 Å². The van der Waals surface area contributed by atoms with Gasteiger partial charge in [-0.3, -0.25) is 4.90 Å². The van der Waals surface area contributed by atoms with Crippen molar-refractivity contribution in [2.75, 3.05) is 44.6 Å². The first-order valence-corrected chi connectivity index (χ1v) is 9.14. The van der Waals surface area contributed by atoms with E-state index in [0.29, 0.717) is 6.04 Å². The smallest absolute Gasteiger partial charge is 0.414 e. The van der Waals surface area contributed by atoms with Crippen LogP contribution in [0.15, 0.2) is 30.3 Å². The standard InChI is InChI=1S/C17H29N3.C2H2O4.H2O/c1-3-4-10-19-11-13-20(14-12-19)15-16(2)18-17-8-6-5-7-9-17;3-1(4)2(5)6;/h5-9,16,18H,3-4,10-15H2,1-2H3;(H,3,4)(H,5,6);1H2. The Morgan fingerprint density at radius 3 is 2.04 bits per heavy atom. The third-order valence-electron chi connectivity index (χ3n) is 4.19. The van der Waals surface area contributed by atoms with Crippen molar-refractivity contribution < 1.29 is 25.3 Å². The number of carboxylic acid groups (broad SMARTS) is 2. The number of carbonyl (C=O) groups is 2. The summed E-state index contributed by atoms with van der Waals surface area (Å²) >= 11 is 0.